The van der Waals surface area contributed by atoms with Crippen LogP contribution in [0.3, 0.4) is 0 Å². The molecule has 0 N–H and O–H groups in total. The summed E-state index contributed by atoms with van der Waals surface area (Å²) in [4.78, 5) is 0. The molecule has 1 aromatic rings. The van der Waals surface area contributed by atoms with E-state index in [1.165, 1.54) is 37.7 Å². The molecule has 1 heteroatoms. The van der Waals surface area contributed by atoms with Crippen LogP contribution in [0.25, 0.3) is 0 Å². The van der Waals surface area contributed by atoms with Crippen molar-refractivity contribution >= 4 is 0 Å². The van der Waals surface area contributed by atoms with Gasteiger partial charge in [0.1, 0.15) is 0 Å². The maximum Gasteiger partial charge on any atom is 0.0637 e. The van der Waals surface area contributed by atoms with E-state index in [1.54, 1.807) is 0 Å². The Bertz CT molecular complexity index is 359. The molecule has 1 heterocycles. The van der Waals surface area contributed by atoms with Crippen LogP contribution in [-0.2, 0) is 4.74 Å². The lowest BCUT2D eigenvalue weighted by Gasteiger charge is -2.27. The molecule has 2 aliphatic rings. The average molecular weight is 230 g/mol. The Kier molecular flexibility index (Phi) is 3.19. The van der Waals surface area contributed by atoms with Gasteiger partial charge in [0.2, 0.25) is 0 Å². The summed E-state index contributed by atoms with van der Waals surface area (Å²) >= 11 is 0. The molecule has 0 aromatic heterocycles. The first-order valence-corrected chi connectivity index (χ1v) is 7.09. The van der Waals surface area contributed by atoms with Crippen molar-refractivity contribution in [3.63, 3.8) is 0 Å². The topological polar surface area (TPSA) is 9.23 Å². The van der Waals surface area contributed by atoms with Gasteiger partial charge in [-0.3, -0.25) is 0 Å². The minimum Gasteiger partial charge on any atom is -0.374 e. The van der Waals surface area contributed by atoms with Gasteiger partial charge in [-0.25, -0.2) is 0 Å². The van der Waals surface area contributed by atoms with Gasteiger partial charge in [0.15, 0.2) is 0 Å². The molecule has 4 atom stereocenters. The van der Waals surface area contributed by atoms with E-state index in [2.05, 4.69) is 37.3 Å². The van der Waals surface area contributed by atoms with Gasteiger partial charge in [-0.2, -0.15) is 0 Å². The first-order chi connectivity index (χ1) is 8.38. The van der Waals surface area contributed by atoms with Crippen molar-refractivity contribution in [3.8, 4) is 0 Å². The van der Waals surface area contributed by atoms with Gasteiger partial charge >= 0.3 is 0 Å². The van der Waals surface area contributed by atoms with Crippen molar-refractivity contribution in [2.24, 2.45) is 5.92 Å². The smallest absolute Gasteiger partial charge is 0.0637 e. The van der Waals surface area contributed by atoms with Crippen molar-refractivity contribution in [2.45, 2.75) is 57.2 Å². The van der Waals surface area contributed by atoms with Gasteiger partial charge in [0.05, 0.1) is 12.2 Å². The Morgan fingerprint density at radius 2 is 2.06 bits per heavy atom. The van der Waals surface area contributed by atoms with E-state index in [-0.39, 0.29) is 0 Å². The molecule has 1 aliphatic heterocycles. The molecule has 2 fully saturated rings. The molecule has 1 saturated heterocycles. The predicted molar refractivity (Wildman–Crippen MR) is 70.1 cm³/mol. The fourth-order valence-electron chi connectivity index (χ4n) is 3.17. The number of ether oxygens (including phenoxy) is 1. The minimum atomic E-state index is 0.600. The number of fused-ring (bicyclic) bond motifs is 1. The van der Waals surface area contributed by atoms with Crippen LogP contribution in [0.4, 0.5) is 0 Å². The number of benzene rings is 1. The summed E-state index contributed by atoms with van der Waals surface area (Å²) in [5.74, 6) is 1.68. The maximum absolute atomic E-state index is 5.78. The molecule has 0 bridgehead atoms. The Labute approximate surface area is 104 Å². The van der Waals surface area contributed by atoms with Crippen molar-refractivity contribution in [3.05, 3.63) is 35.9 Å². The highest BCUT2D eigenvalue weighted by Crippen LogP contribution is 2.51. The third-order valence-electron chi connectivity index (χ3n) is 4.31. The van der Waals surface area contributed by atoms with Gasteiger partial charge in [0.25, 0.3) is 0 Å². The van der Waals surface area contributed by atoms with Crippen LogP contribution in [0, 0.1) is 5.92 Å². The molecule has 1 saturated carbocycles. The van der Waals surface area contributed by atoms with Crippen LogP contribution in [0.15, 0.2) is 30.3 Å². The average Bonchev–Trinajstić information content (AvgIpc) is 3.00. The van der Waals surface area contributed by atoms with Gasteiger partial charge in [-0.1, -0.05) is 43.7 Å². The van der Waals surface area contributed by atoms with Gasteiger partial charge in [0, 0.05) is 5.92 Å². The molecule has 0 spiro atoms. The molecule has 0 amide bonds. The summed E-state index contributed by atoms with van der Waals surface area (Å²) in [5.41, 5.74) is 1.51. The zero-order valence-electron chi connectivity index (χ0n) is 10.6. The molecule has 4 unspecified atom stereocenters. The number of hydrogen-bond acceptors (Lipinski definition) is 1. The second-order valence-electron chi connectivity index (χ2n) is 5.59. The van der Waals surface area contributed by atoms with E-state index < -0.39 is 0 Å². The number of hydrogen-bond donors (Lipinski definition) is 0. The lowest BCUT2D eigenvalue weighted by Crippen LogP contribution is -2.29. The fourth-order valence-corrected chi connectivity index (χ4v) is 3.17. The largest absolute Gasteiger partial charge is 0.374 e. The molecule has 92 valence electrons. The lowest BCUT2D eigenvalue weighted by molar-refractivity contribution is -0.0673. The van der Waals surface area contributed by atoms with E-state index in [4.69, 9.17) is 4.74 Å². The summed E-state index contributed by atoms with van der Waals surface area (Å²) in [6.45, 7) is 2.28. The second kappa shape index (κ2) is 4.81. The van der Waals surface area contributed by atoms with Crippen LogP contribution >= 0.6 is 0 Å². The molecule has 3 rings (SSSR count). The van der Waals surface area contributed by atoms with E-state index in [9.17, 15) is 0 Å². The Balaban J connectivity index is 1.55. The molecule has 0 radical (unpaired) electrons. The van der Waals surface area contributed by atoms with E-state index in [1.807, 2.05) is 0 Å². The highest BCUT2D eigenvalue weighted by atomic mass is 16.5. The predicted octanol–water partition coefficient (Wildman–Crippen LogP) is 4.14. The van der Waals surface area contributed by atoms with Crippen molar-refractivity contribution < 1.29 is 4.74 Å². The Morgan fingerprint density at radius 3 is 2.65 bits per heavy atom. The fraction of sp³-hybridized carbons (Fsp3) is 0.625. The van der Waals surface area contributed by atoms with Gasteiger partial charge in [-0.15, -0.1) is 0 Å². The second-order valence-corrected chi connectivity index (χ2v) is 5.59. The SMILES string of the molecule is CCCC(CCC1OC2CC12)c1ccccc1. The van der Waals surface area contributed by atoms with Crippen LogP contribution in [0.1, 0.15) is 50.5 Å². The third kappa shape index (κ3) is 2.40. The normalized spacial score (nSPS) is 31.5. The molecule has 1 aromatic carbocycles. The van der Waals surface area contributed by atoms with Crippen LogP contribution in [0.2, 0.25) is 0 Å². The molecular weight excluding hydrogens is 208 g/mol. The molecule has 1 nitrogen and oxygen atoms in total. The standard InChI is InChI=1S/C16H22O/c1-2-6-12(13-7-4-3-5-8-13)9-10-15-14-11-16(14)17-15/h3-5,7-8,12,14-16H,2,6,9-11H2,1H3. The summed E-state index contributed by atoms with van der Waals surface area (Å²) in [6, 6.07) is 11.0. The van der Waals surface area contributed by atoms with E-state index >= 15 is 0 Å². The summed E-state index contributed by atoms with van der Waals surface area (Å²) in [5, 5.41) is 0. The quantitative estimate of drug-likeness (QED) is 0.713. The molecular formula is C16H22O. The van der Waals surface area contributed by atoms with Gasteiger partial charge < -0.3 is 4.74 Å². The van der Waals surface area contributed by atoms with Crippen molar-refractivity contribution in [1.82, 2.24) is 0 Å². The molecule has 1 aliphatic carbocycles. The lowest BCUT2D eigenvalue weighted by atomic mass is 9.88. The number of rotatable bonds is 6. The minimum absolute atomic E-state index is 0.600. The third-order valence-corrected chi connectivity index (χ3v) is 4.31. The first kappa shape index (κ1) is 11.3. The van der Waals surface area contributed by atoms with Crippen LogP contribution in [-0.4, -0.2) is 12.2 Å². The van der Waals surface area contributed by atoms with Crippen LogP contribution in [0.5, 0.6) is 0 Å². The van der Waals surface area contributed by atoms with Crippen molar-refractivity contribution in [1.29, 1.82) is 0 Å². The zero-order chi connectivity index (χ0) is 11.7. The summed E-state index contributed by atoms with van der Waals surface area (Å²) < 4.78 is 5.78. The highest BCUT2D eigenvalue weighted by Gasteiger charge is 2.54. The zero-order valence-corrected chi connectivity index (χ0v) is 10.6. The molecule has 17 heavy (non-hydrogen) atoms. The van der Waals surface area contributed by atoms with Crippen molar-refractivity contribution in [2.75, 3.05) is 0 Å². The maximum atomic E-state index is 5.78. The Hall–Kier alpha value is -0.820. The van der Waals surface area contributed by atoms with Gasteiger partial charge in [-0.05, 0) is 37.2 Å². The highest BCUT2D eigenvalue weighted by molar-refractivity contribution is 5.19. The van der Waals surface area contributed by atoms with E-state index in [0.717, 1.165) is 11.8 Å². The summed E-state index contributed by atoms with van der Waals surface area (Å²) in [6.07, 6.45) is 7.76. The summed E-state index contributed by atoms with van der Waals surface area (Å²) in [7, 11) is 0. The van der Waals surface area contributed by atoms with Crippen LogP contribution < -0.4 is 0 Å². The van der Waals surface area contributed by atoms with E-state index in [0.29, 0.717) is 12.2 Å². The first-order valence-electron chi connectivity index (χ1n) is 7.09. The Morgan fingerprint density at radius 1 is 1.24 bits per heavy atom. The monoisotopic (exact) mass is 230 g/mol.